The van der Waals surface area contributed by atoms with Crippen molar-refractivity contribution in [1.29, 1.82) is 0 Å². The van der Waals surface area contributed by atoms with Crippen LogP contribution in [0.3, 0.4) is 0 Å². The number of rotatable bonds is 7. The Bertz CT molecular complexity index is 1050. The number of amides is 1. The number of nitrogens with one attached hydrogen (secondary N) is 1. The lowest BCUT2D eigenvalue weighted by Crippen LogP contribution is -2.19. The van der Waals surface area contributed by atoms with Gasteiger partial charge in [-0.05, 0) is 49.7 Å². The van der Waals surface area contributed by atoms with Crippen LogP contribution in [0.5, 0.6) is 0 Å². The van der Waals surface area contributed by atoms with Crippen LogP contribution >= 0.6 is 39.3 Å². The summed E-state index contributed by atoms with van der Waals surface area (Å²) in [6, 6.07) is 17.8. The Morgan fingerprint density at radius 1 is 1.21 bits per heavy atom. The fraction of sp³-hybridized carbons (Fsp3) is 0.182. The summed E-state index contributed by atoms with van der Waals surface area (Å²) in [5, 5.41) is 4.85. The van der Waals surface area contributed by atoms with E-state index in [-0.39, 0.29) is 5.91 Å². The molecule has 0 unspecified atom stereocenters. The summed E-state index contributed by atoms with van der Waals surface area (Å²) in [6.45, 7) is 4.09. The highest BCUT2D eigenvalue weighted by atomic mass is 79.9. The molecular weight excluding hydrogens is 470 g/mol. The first kappa shape index (κ1) is 21.7. The van der Waals surface area contributed by atoms with E-state index in [1.807, 2.05) is 43.3 Å². The van der Waals surface area contributed by atoms with Crippen LogP contribution in [0.2, 0.25) is 5.02 Å². The molecule has 3 rings (SSSR count). The monoisotopic (exact) mass is 489 g/mol. The van der Waals surface area contributed by atoms with Crippen molar-refractivity contribution in [3.8, 4) is 5.69 Å². The zero-order chi connectivity index (χ0) is 20.8. The zero-order valence-electron chi connectivity index (χ0n) is 16.2. The molecule has 150 valence electrons. The van der Waals surface area contributed by atoms with Gasteiger partial charge in [-0.15, -0.1) is 11.8 Å². The molecule has 4 nitrogen and oxygen atoms in total. The lowest BCUT2D eigenvalue weighted by atomic mass is 10.2. The van der Waals surface area contributed by atoms with Crippen molar-refractivity contribution < 1.29 is 4.79 Å². The number of nitrogens with zero attached hydrogens (tertiary/aromatic N) is 2. The summed E-state index contributed by atoms with van der Waals surface area (Å²) in [7, 11) is 0. The summed E-state index contributed by atoms with van der Waals surface area (Å²) in [4.78, 5) is 12.0. The molecule has 1 aromatic heterocycles. The van der Waals surface area contributed by atoms with E-state index >= 15 is 0 Å². The van der Waals surface area contributed by atoms with Crippen LogP contribution in [-0.4, -0.2) is 22.4 Å². The first-order chi connectivity index (χ1) is 14.0. The van der Waals surface area contributed by atoms with Gasteiger partial charge in [0.15, 0.2) is 0 Å². The Balaban J connectivity index is 1.57. The molecule has 0 saturated carbocycles. The molecule has 0 aliphatic carbocycles. The van der Waals surface area contributed by atoms with Crippen molar-refractivity contribution in [2.24, 2.45) is 5.10 Å². The van der Waals surface area contributed by atoms with Gasteiger partial charge < -0.3 is 4.57 Å². The summed E-state index contributed by atoms with van der Waals surface area (Å²) in [6.07, 6.45) is 1.69. The van der Waals surface area contributed by atoms with E-state index in [2.05, 4.69) is 56.1 Å². The maximum absolute atomic E-state index is 12.0. The van der Waals surface area contributed by atoms with E-state index in [1.165, 1.54) is 11.8 Å². The third kappa shape index (κ3) is 5.75. The molecule has 1 N–H and O–H groups in total. The van der Waals surface area contributed by atoms with Crippen LogP contribution < -0.4 is 5.43 Å². The fourth-order valence-corrected chi connectivity index (χ4v) is 4.50. The van der Waals surface area contributed by atoms with Crippen molar-refractivity contribution in [2.75, 3.05) is 5.75 Å². The van der Waals surface area contributed by atoms with Gasteiger partial charge in [-0.3, -0.25) is 4.79 Å². The Hall–Kier alpha value is -2.02. The lowest BCUT2D eigenvalue weighted by Gasteiger charge is -2.09. The number of thioether (sulfide) groups is 1. The Morgan fingerprint density at radius 3 is 2.76 bits per heavy atom. The number of aromatic nitrogens is 1. The molecule has 0 spiro atoms. The maximum Gasteiger partial charge on any atom is 0.250 e. The number of hydrogen-bond acceptors (Lipinski definition) is 3. The number of hydrazone groups is 1. The highest BCUT2D eigenvalue weighted by Gasteiger charge is 2.10. The Morgan fingerprint density at radius 2 is 2.00 bits per heavy atom. The lowest BCUT2D eigenvalue weighted by molar-refractivity contribution is -0.118. The first-order valence-electron chi connectivity index (χ1n) is 9.03. The minimum Gasteiger partial charge on any atom is -0.318 e. The number of halogens is 2. The summed E-state index contributed by atoms with van der Waals surface area (Å²) in [5.41, 5.74) is 7.82. The fourth-order valence-electron chi connectivity index (χ4n) is 3.01. The van der Waals surface area contributed by atoms with Gasteiger partial charge in [0.25, 0.3) is 0 Å². The SMILES string of the molecule is Cc1cc(/C=N/NC(=O)CSCc2ccccc2Cl)c(C)n1-c1cccc(Br)c1. The number of hydrogen-bond donors (Lipinski definition) is 1. The van der Waals surface area contributed by atoms with Crippen LogP contribution in [0.4, 0.5) is 0 Å². The second kappa shape index (κ2) is 10.1. The molecule has 1 amide bonds. The molecule has 1 heterocycles. The quantitative estimate of drug-likeness (QED) is 0.331. The number of aryl methyl sites for hydroxylation is 1. The largest absolute Gasteiger partial charge is 0.318 e. The predicted molar refractivity (Wildman–Crippen MR) is 126 cm³/mol. The Kier molecular flexibility index (Phi) is 7.58. The van der Waals surface area contributed by atoms with Gasteiger partial charge in [0.05, 0.1) is 12.0 Å². The van der Waals surface area contributed by atoms with E-state index in [0.29, 0.717) is 11.5 Å². The molecule has 2 aromatic carbocycles. The van der Waals surface area contributed by atoms with Gasteiger partial charge >= 0.3 is 0 Å². The van der Waals surface area contributed by atoms with E-state index in [0.717, 1.165) is 37.7 Å². The smallest absolute Gasteiger partial charge is 0.250 e. The maximum atomic E-state index is 12.0. The average molecular weight is 491 g/mol. The molecule has 29 heavy (non-hydrogen) atoms. The molecule has 0 aliphatic heterocycles. The minimum atomic E-state index is -0.140. The van der Waals surface area contributed by atoms with Gasteiger partial charge in [-0.2, -0.15) is 5.10 Å². The Labute approximate surface area is 188 Å². The number of benzene rings is 2. The van der Waals surface area contributed by atoms with Crippen LogP contribution in [0.15, 0.2) is 64.2 Å². The zero-order valence-corrected chi connectivity index (χ0v) is 19.3. The van der Waals surface area contributed by atoms with Crippen molar-refractivity contribution in [3.05, 3.63) is 86.6 Å². The summed E-state index contributed by atoms with van der Waals surface area (Å²) in [5.74, 6) is 0.864. The van der Waals surface area contributed by atoms with Crippen molar-refractivity contribution >= 4 is 51.4 Å². The van der Waals surface area contributed by atoms with Gasteiger partial charge in [0, 0.05) is 37.9 Å². The van der Waals surface area contributed by atoms with Gasteiger partial charge in [-0.1, -0.05) is 51.8 Å². The number of carbonyl (C=O) groups is 1. The second-order valence-corrected chi connectivity index (χ2v) is 8.83. The standard InChI is InChI=1S/C22H21BrClN3OS/c1-15-10-18(16(2)27(15)20-8-5-7-19(23)11-20)12-25-26-22(28)14-29-13-17-6-3-4-9-21(17)24/h3-12H,13-14H2,1-2H3,(H,26,28)/b25-12+. The third-order valence-electron chi connectivity index (χ3n) is 4.38. The average Bonchev–Trinajstić information content (AvgIpc) is 2.97. The molecular formula is C22H21BrClN3OS. The molecule has 0 aliphatic rings. The molecule has 0 bridgehead atoms. The van der Waals surface area contributed by atoms with Gasteiger partial charge in [-0.25, -0.2) is 5.43 Å². The molecule has 0 saturated heterocycles. The van der Waals surface area contributed by atoms with Gasteiger partial charge in [0.1, 0.15) is 0 Å². The summed E-state index contributed by atoms with van der Waals surface area (Å²) >= 11 is 11.2. The molecule has 7 heteroatoms. The van der Waals surface area contributed by atoms with E-state index in [4.69, 9.17) is 11.6 Å². The van der Waals surface area contributed by atoms with Crippen LogP contribution in [0.25, 0.3) is 5.69 Å². The highest BCUT2D eigenvalue weighted by Crippen LogP contribution is 2.23. The van der Waals surface area contributed by atoms with Crippen LogP contribution in [0, 0.1) is 13.8 Å². The molecule has 0 atom stereocenters. The highest BCUT2D eigenvalue weighted by molar-refractivity contribution is 9.10. The van der Waals surface area contributed by atoms with Crippen molar-refractivity contribution in [2.45, 2.75) is 19.6 Å². The minimum absolute atomic E-state index is 0.140. The number of carbonyl (C=O) groups excluding carboxylic acids is 1. The molecule has 0 fully saturated rings. The first-order valence-corrected chi connectivity index (χ1v) is 11.4. The van der Waals surface area contributed by atoms with Crippen LogP contribution in [0.1, 0.15) is 22.5 Å². The third-order valence-corrected chi connectivity index (χ3v) is 6.22. The predicted octanol–water partition coefficient (Wildman–Crippen LogP) is 5.89. The normalized spacial score (nSPS) is 11.2. The van der Waals surface area contributed by atoms with E-state index in [1.54, 1.807) is 6.21 Å². The van der Waals surface area contributed by atoms with Crippen molar-refractivity contribution in [3.63, 3.8) is 0 Å². The summed E-state index contributed by atoms with van der Waals surface area (Å²) < 4.78 is 3.19. The second-order valence-electron chi connectivity index (χ2n) is 6.52. The van der Waals surface area contributed by atoms with Gasteiger partial charge in [0.2, 0.25) is 5.91 Å². The van der Waals surface area contributed by atoms with E-state index < -0.39 is 0 Å². The topological polar surface area (TPSA) is 46.4 Å². The molecule has 3 aromatic rings. The molecule has 0 radical (unpaired) electrons. The van der Waals surface area contributed by atoms with E-state index in [9.17, 15) is 4.79 Å². The van der Waals surface area contributed by atoms with Crippen molar-refractivity contribution in [1.82, 2.24) is 9.99 Å². The van der Waals surface area contributed by atoms with Crippen LogP contribution in [-0.2, 0) is 10.5 Å².